The molecule has 1 aliphatic rings. The third kappa shape index (κ3) is 6.96. The minimum Gasteiger partial charge on any atom is -0.464 e. The maximum atomic E-state index is 14.2. The average molecular weight is 583 g/mol. The molecule has 4 rings (SSSR count). The summed E-state index contributed by atoms with van der Waals surface area (Å²) >= 11 is 3.71. The second-order valence-electron chi connectivity index (χ2n) is 9.91. The summed E-state index contributed by atoms with van der Waals surface area (Å²) in [5, 5.41) is 0.996. The van der Waals surface area contributed by atoms with Gasteiger partial charge in [-0.25, -0.2) is 8.42 Å². The largest absolute Gasteiger partial charge is 0.464 e. The van der Waals surface area contributed by atoms with E-state index in [-0.39, 0.29) is 18.5 Å². The zero-order chi connectivity index (χ0) is 26.3. The molecule has 0 bridgehead atoms. The molecule has 1 atom stereocenters. The van der Waals surface area contributed by atoms with E-state index < -0.39 is 10.0 Å². The topological polar surface area (TPSA) is 50.5 Å². The molecule has 6 heteroatoms. The maximum absolute atomic E-state index is 14.2. The van der Waals surface area contributed by atoms with Crippen molar-refractivity contribution in [3.05, 3.63) is 70.4 Å². The first-order chi connectivity index (χ1) is 17.9. The molecule has 1 aliphatic carbocycles. The van der Waals surface area contributed by atoms with E-state index in [4.69, 9.17) is 4.42 Å². The van der Waals surface area contributed by atoms with E-state index in [0.717, 1.165) is 71.5 Å². The van der Waals surface area contributed by atoms with Crippen molar-refractivity contribution in [1.82, 2.24) is 4.31 Å². The summed E-state index contributed by atoms with van der Waals surface area (Å²) in [6.07, 6.45) is 12.0. The number of hydrogen-bond donors (Lipinski definition) is 0. The molecule has 1 fully saturated rings. The number of rotatable bonds is 9. The van der Waals surface area contributed by atoms with Crippen LogP contribution in [0, 0.1) is 24.7 Å². The predicted octanol–water partition coefficient (Wildman–Crippen LogP) is 8.31. The fourth-order valence-electron chi connectivity index (χ4n) is 4.97. The summed E-state index contributed by atoms with van der Waals surface area (Å²) < 4.78 is 36.4. The normalized spacial score (nSPS) is 16.1. The molecule has 2 aromatic carbocycles. The summed E-state index contributed by atoms with van der Waals surface area (Å²) in [6, 6.07) is 14.6. The van der Waals surface area contributed by atoms with Gasteiger partial charge in [0, 0.05) is 28.4 Å². The van der Waals surface area contributed by atoms with E-state index in [1.807, 2.05) is 49.4 Å². The van der Waals surface area contributed by atoms with Gasteiger partial charge in [0.25, 0.3) is 0 Å². The van der Waals surface area contributed by atoms with Gasteiger partial charge in [0.1, 0.15) is 5.58 Å². The Hall–Kier alpha value is -2.33. The van der Waals surface area contributed by atoms with Crippen LogP contribution in [0.25, 0.3) is 17.0 Å². The first-order valence-corrected chi connectivity index (χ1v) is 15.5. The fourth-order valence-corrected chi connectivity index (χ4v) is 7.24. The summed E-state index contributed by atoms with van der Waals surface area (Å²) in [6.45, 7) is 4.32. The lowest BCUT2D eigenvalue weighted by Crippen LogP contribution is -2.45. The fraction of sp³-hybridized carbons (Fsp3) is 0.419. The quantitative estimate of drug-likeness (QED) is 0.188. The van der Waals surface area contributed by atoms with Gasteiger partial charge < -0.3 is 4.42 Å². The summed E-state index contributed by atoms with van der Waals surface area (Å²) in [4.78, 5) is 0.309. The molecule has 1 aromatic heterocycles. The van der Waals surface area contributed by atoms with Gasteiger partial charge in [-0.2, -0.15) is 4.31 Å². The summed E-state index contributed by atoms with van der Waals surface area (Å²) in [5.74, 6) is 6.99. The molecule has 0 aliphatic heterocycles. The molecule has 1 saturated carbocycles. The number of sulfonamides is 1. The van der Waals surface area contributed by atoms with E-state index >= 15 is 0 Å². The van der Waals surface area contributed by atoms with Crippen molar-refractivity contribution in [2.24, 2.45) is 5.92 Å². The molecular formula is C31H36BrNO3S. The number of furan rings is 1. The Bertz CT molecular complexity index is 1370. The Morgan fingerprint density at radius 3 is 2.59 bits per heavy atom. The van der Waals surface area contributed by atoms with Crippen molar-refractivity contribution >= 4 is 43.0 Å². The highest BCUT2D eigenvalue weighted by Gasteiger charge is 2.36. The van der Waals surface area contributed by atoms with Crippen LogP contribution in [0.3, 0.4) is 0 Å². The predicted molar refractivity (Wildman–Crippen MR) is 156 cm³/mol. The molecule has 4 nitrogen and oxygen atoms in total. The molecule has 196 valence electrons. The zero-order valence-electron chi connectivity index (χ0n) is 21.8. The molecule has 37 heavy (non-hydrogen) atoms. The van der Waals surface area contributed by atoms with Gasteiger partial charge in [0.2, 0.25) is 10.0 Å². The number of unbranched alkanes of at least 4 members (excludes halogenated alkanes) is 2. The van der Waals surface area contributed by atoms with Gasteiger partial charge in [-0.05, 0) is 56.4 Å². The number of halogens is 1. The minimum atomic E-state index is -3.79. The van der Waals surface area contributed by atoms with Crippen LogP contribution in [0.5, 0.6) is 0 Å². The Labute approximate surface area is 230 Å². The third-order valence-corrected chi connectivity index (χ3v) is 9.39. The highest BCUT2D eigenvalue weighted by atomic mass is 79.9. The van der Waals surface area contributed by atoms with Gasteiger partial charge in [-0.15, -0.1) is 5.92 Å². The van der Waals surface area contributed by atoms with Crippen molar-refractivity contribution in [3.63, 3.8) is 0 Å². The molecular weight excluding hydrogens is 546 g/mol. The Kier molecular flexibility index (Phi) is 9.70. The molecule has 1 unspecified atom stereocenters. The summed E-state index contributed by atoms with van der Waals surface area (Å²) in [5.41, 5.74) is 2.75. The van der Waals surface area contributed by atoms with Crippen LogP contribution in [-0.4, -0.2) is 25.3 Å². The molecule has 0 amide bonds. The van der Waals surface area contributed by atoms with Gasteiger partial charge >= 0.3 is 0 Å². The lowest BCUT2D eigenvalue weighted by molar-refractivity contribution is 0.244. The van der Waals surface area contributed by atoms with E-state index in [0.29, 0.717) is 4.90 Å². The van der Waals surface area contributed by atoms with Crippen LogP contribution in [0.2, 0.25) is 0 Å². The SMILES string of the molecule is CCCCC#CC(C1CCCCC1)N(C/C(Br)=C/c1coc2ccccc12)S(=O)(=O)c1ccc(C)cc1. The Morgan fingerprint density at radius 2 is 1.86 bits per heavy atom. The highest BCUT2D eigenvalue weighted by Crippen LogP contribution is 2.33. The van der Waals surface area contributed by atoms with Gasteiger partial charge in [0.15, 0.2) is 0 Å². The highest BCUT2D eigenvalue weighted by molar-refractivity contribution is 9.11. The first-order valence-electron chi connectivity index (χ1n) is 13.3. The van der Waals surface area contributed by atoms with Crippen LogP contribution in [0.15, 0.2) is 68.6 Å². The first kappa shape index (κ1) is 27.7. The Balaban J connectivity index is 1.75. The zero-order valence-corrected chi connectivity index (χ0v) is 24.2. The number of fused-ring (bicyclic) bond motifs is 1. The third-order valence-electron chi connectivity index (χ3n) is 7.07. The van der Waals surface area contributed by atoms with E-state index in [1.54, 1.807) is 22.7 Å². The number of para-hydroxylation sites is 1. The maximum Gasteiger partial charge on any atom is 0.244 e. The van der Waals surface area contributed by atoms with Crippen LogP contribution in [0.4, 0.5) is 0 Å². The second-order valence-corrected chi connectivity index (χ2v) is 12.8. The molecule has 0 radical (unpaired) electrons. The van der Waals surface area contributed by atoms with Gasteiger partial charge in [-0.3, -0.25) is 0 Å². The van der Waals surface area contributed by atoms with Crippen molar-refractivity contribution in [3.8, 4) is 11.8 Å². The van der Waals surface area contributed by atoms with E-state index in [1.165, 1.54) is 6.42 Å². The van der Waals surface area contributed by atoms with E-state index in [9.17, 15) is 8.42 Å². The molecule has 0 N–H and O–H groups in total. The number of hydrogen-bond acceptors (Lipinski definition) is 3. The Morgan fingerprint density at radius 1 is 1.14 bits per heavy atom. The molecule has 0 spiro atoms. The molecule has 0 saturated heterocycles. The van der Waals surface area contributed by atoms with Crippen LogP contribution in [0.1, 0.15) is 69.4 Å². The van der Waals surface area contributed by atoms with Gasteiger partial charge in [-0.1, -0.05) is 90.4 Å². The van der Waals surface area contributed by atoms with Crippen molar-refractivity contribution in [2.75, 3.05) is 6.54 Å². The summed E-state index contributed by atoms with van der Waals surface area (Å²) in [7, 11) is -3.79. The molecule has 1 heterocycles. The average Bonchev–Trinajstić information content (AvgIpc) is 3.31. The minimum absolute atomic E-state index is 0.208. The lowest BCUT2D eigenvalue weighted by Gasteiger charge is -2.35. The standard InChI is InChI=1S/C31H36BrNO3S/c1-3-4-5-9-15-30(25-12-7-6-8-13-25)33(37(34,35)28-19-17-24(2)18-20-28)22-27(32)21-26-23-36-31-16-11-10-14-29(26)31/h10-11,14,16-21,23,25,30H,3-8,12-13,22H2,1-2H3/b27-21-. The van der Waals surface area contributed by atoms with Crippen molar-refractivity contribution in [1.29, 1.82) is 0 Å². The molecule has 3 aromatic rings. The monoisotopic (exact) mass is 581 g/mol. The van der Waals surface area contributed by atoms with Crippen LogP contribution >= 0.6 is 15.9 Å². The smallest absolute Gasteiger partial charge is 0.244 e. The van der Waals surface area contributed by atoms with Crippen LogP contribution < -0.4 is 0 Å². The van der Waals surface area contributed by atoms with E-state index in [2.05, 4.69) is 34.7 Å². The second kappa shape index (κ2) is 13.0. The number of benzene rings is 2. The van der Waals surface area contributed by atoms with Gasteiger partial charge in [0.05, 0.1) is 17.2 Å². The van der Waals surface area contributed by atoms with Crippen molar-refractivity contribution in [2.45, 2.75) is 76.2 Å². The van der Waals surface area contributed by atoms with Crippen molar-refractivity contribution < 1.29 is 12.8 Å². The lowest BCUT2D eigenvalue weighted by atomic mass is 9.84. The number of nitrogens with zero attached hydrogens (tertiary/aromatic N) is 1. The number of aryl methyl sites for hydroxylation is 1. The van der Waals surface area contributed by atoms with Crippen LogP contribution in [-0.2, 0) is 10.0 Å².